The molecule has 0 saturated heterocycles. The zero-order chi connectivity index (χ0) is 10.9. The Bertz CT molecular complexity index is 234. The van der Waals surface area contributed by atoms with Gasteiger partial charge in [0.2, 0.25) is 0 Å². The summed E-state index contributed by atoms with van der Waals surface area (Å²) in [5, 5.41) is 8.71. The van der Waals surface area contributed by atoms with E-state index in [9.17, 15) is 22.8 Å². The molecule has 0 heterocycles. The minimum Gasteiger partial charge on any atom is -0.417 e. The van der Waals surface area contributed by atoms with Crippen LogP contribution in [0.15, 0.2) is 0 Å². The number of hydrogen-bond acceptors (Lipinski definition) is 4. The number of nitrogens with two attached hydrogens (primary N) is 1. The van der Waals surface area contributed by atoms with Gasteiger partial charge in [-0.1, -0.05) is 0 Å². The largest absolute Gasteiger partial charge is 0.491 e. The molecule has 0 aromatic rings. The highest BCUT2D eigenvalue weighted by Crippen LogP contribution is 2.19. The standard InChI is InChI=1S/C5H6F3NO4/c1-4(12,2(9)10)13-3(11)5(6,7)8/h12H,1H3,(H2,9,10). The normalized spacial score (nSPS) is 16.1. The van der Waals surface area contributed by atoms with Crippen molar-refractivity contribution in [3.8, 4) is 0 Å². The highest BCUT2D eigenvalue weighted by atomic mass is 19.4. The maximum Gasteiger partial charge on any atom is 0.491 e. The van der Waals surface area contributed by atoms with Gasteiger partial charge in [-0.3, -0.25) is 4.79 Å². The Kier molecular flexibility index (Phi) is 2.88. The predicted octanol–water partition coefficient (Wildman–Crippen LogP) is -0.714. The Hall–Kier alpha value is -1.31. The lowest BCUT2D eigenvalue weighted by Gasteiger charge is -2.19. The van der Waals surface area contributed by atoms with Gasteiger partial charge in [-0.15, -0.1) is 0 Å². The summed E-state index contributed by atoms with van der Waals surface area (Å²) in [6.45, 7) is 0.527. The van der Waals surface area contributed by atoms with Crippen molar-refractivity contribution in [1.82, 2.24) is 0 Å². The molecule has 76 valence electrons. The third-order valence-electron chi connectivity index (χ3n) is 0.980. The Morgan fingerprint density at radius 1 is 1.38 bits per heavy atom. The molecular formula is C5H6F3NO4. The molecule has 0 radical (unpaired) electrons. The first kappa shape index (κ1) is 11.7. The van der Waals surface area contributed by atoms with Crippen molar-refractivity contribution in [2.24, 2.45) is 5.73 Å². The average Bonchev–Trinajstić information content (AvgIpc) is 1.83. The highest BCUT2D eigenvalue weighted by molar-refractivity contribution is 5.85. The lowest BCUT2D eigenvalue weighted by atomic mass is 10.3. The van der Waals surface area contributed by atoms with Crippen molar-refractivity contribution in [2.45, 2.75) is 18.9 Å². The van der Waals surface area contributed by atoms with Crippen LogP contribution in [0.3, 0.4) is 0 Å². The maximum atomic E-state index is 11.5. The second-order valence-corrected chi connectivity index (χ2v) is 2.23. The molecule has 0 spiro atoms. The van der Waals surface area contributed by atoms with Crippen LogP contribution < -0.4 is 5.73 Å². The topological polar surface area (TPSA) is 89.6 Å². The molecule has 13 heavy (non-hydrogen) atoms. The molecule has 1 unspecified atom stereocenters. The molecule has 5 nitrogen and oxygen atoms in total. The minimum absolute atomic E-state index is 0.527. The molecule has 3 N–H and O–H groups in total. The number of carbonyl (C=O) groups excluding carboxylic acids is 2. The fourth-order valence-electron chi connectivity index (χ4n) is 0.289. The van der Waals surface area contributed by atoms with E-state index in [-0.39, 0.29) is 0 Å². The second kappa shape index (κ2) is 3.21. The van der Waals surface area contributed by atoms with Gasteiger partial charge in [0.15, 0.2) is 0 Å². The molecule has 0 aliphatic rings. The minimum atomic E-state index is -5.28. The summed E-state index contributed by atoms with van der Waals surface area (Å²) in [6.07, 6.45) is -5.28. The lowest BCUT2D eigenvalue weighted by Crippen LogP contribution is -2.47. The molecule has 8 heteroatoms. The van der Waals surface area contributed by atoms with E-state index in [1.54, 1.807) is 0 Å². The van der Waals surface area contributed by atoms with E-state index >= 15 is 0 Å². The van der Waals surface area contributed by atoms with E-state index in [1.165, 1.54) is 0 Å². The summed E-state index contributed by atoms with van der Waals surface area (Å²) in [5.74, 6) is -7.23. The molecular weight excluding hydrogens is 195 g/mol. The van der Waals surface area contributed by atoms with Crippen molar-refractivity contribution in [3.63, 3.8) is 0 Å². The third kappa shape index (κ3) is 3.28. The molecule has 1 atom stereocenters. The van der Waals surface area contributed by atoms with Gasteiger partial charge in [0, 0.05) is 6.92 Å². The van der Waals surface area contributed by atoms with Crippen LogP contribution in [0.4, 0.5) is 13.2 Å². The van der Waals surface area contributed by atoms with Gasteiger partial charge in [0.05, 0.1) is 0 Å². The van der Waals surface area contributed by atoms with E-state index in [4.69, 9.17) is 5.11 Å². The summed E-state index contributed by atoms with van der Waals surface area (Å²) in [6, 6.07) is 0. The van der Waals surface area contributed by atoms with Crippen LogP contribution in [0.5, 0.6) is 0 Å². The first-order valence-corrected chi connectivity index (χ1v) is 2.90. The van der Waals surface area contributed by atoms with Crippen molar-refractivity contribution in [2.75, 3.05) is 0 Å². The molecule has 0 fully saturated rings. The summed E-state index contributed by atoms with van der Waals surface area (Å²) in [7, 11) is 0. The molecule has 0 aromatic carbocycles. The number of ether oxygens (including phenoxy) is 1. The van der Waals surface area contributed by atoms with E-state index < -0.39 is 23.8 Å². The van der Waals surface area contributed by atoms with Gasteiger partial charge in [0.1, 0.15) is 0 Å². The molecule has 0 aliphatic heterocycles. The zero-order valence-electron chi connectivity index (χ0n) is 6.38. The van der Waals surface area contributed by atoms with Gasteiger partial charge in [0.25, 0.3) is 11.7 Å². The molecule has 1 amide bonds. The number of carbonyl (C=O) groups is 2. The summed E-state index contributed by atoms with van der Waals surface area (Å²) < 4.78 is 37.9. The van der Waals surface area contributed by atoms with Crippen LogP contribution in [0.1, 0.15) is 6.92 Å². The predicted molar refractivity (Wildman–Crippen MR) is 32.0 cm³/mol. The van der Waals surface area contributed by atoms with Crippen molar-refractivity contribution in [3.05, 3.63) is 0 Å². The van der Waals surface area contributed by atoms with Crippen LogP contribution >= 0.6 is 0 Å². The Morgan fingerprint density at radius 2 is 1.77 bits per heavy atom. The second-order valence-electron chi connectivity index (χ2n) is 2.23. The van der Waals surface area contributed by atoms with E-state index in [2.05, 4.69) is 10.5 Å². The molecule has 0 bridgehead atoms. The number of amides is 1. The monoisotopic (exact) mass is 201 g/mol. The quantitative estimate of drug-likeness (QED) is 0.456. The van der Waals surface area contributed by atoms with E-state index in [0.717, 1.165) is 0 Å². The molecule has 0 aromatic heterocycles. The van der Waals surface area contributed by atoms with Gasteiger partial charge in [-0.2, -0.15) is 13.2 Å². The Balaban J connectivity index is 4.47. The summed E-state index contributed by atoms with van der Waals surface area (Å²) in [5.41, 5.74) is 4.43. The van der Waals surface area contributed by atoms with E-state index in [1.807, 2.05) is 0 Å². The number of primary amides is 1. The van der Waals surface area contributed by atoms with Crippen LogP contribution in [0.25, 0.3) is 0 Å². The van der Waals surface area contributed by atoms with Crippen LogP contribution in [0, 0.1) is 0 Å². The Morgan fingerprint density at radius 3 is 2.00 bits per heavy atom. The van der Waals surface area contributed by atoms with Crippen molar-refractivity contribution in [1.29, 1.82) is 0 Å². The highest BCUT2D eigenvalue weighted by Gasteiger charge is 2.46. The van der Waals surface area contributed by atoms with E-state index in [0.29, 0.717) is 6.92 Å². The number of aliphatic hydroxyl groups is 1. The van der Waals surface area contributed by atoms with Crippen molar-refractivity contribution < 1.29 is 32.6 Å². The van der Waals surface area contributed by atoms with Crippen LogP contribution in [-0.4, -0.2) is 28.9 Å². The van der Waals surface area contributed by atoms with Gasteiger partial charge in [-0.25, -0.2) is 4.79 Å². The van der Waals surface area contributed by atoms with Crippen LogP contribution in [-0.2, 0) is 14.3 Å². The number of hydrogen-bond donors (Lipinski definition) is 2. The SMILES string of the molecule is CC(O)(OC(=O)C(F)(F)F)C(N)=O. The van der Waals surface area contributed by atoms with Gasteiger partial charge in [-0.05, 0) is 0 Å². The van der Waals surface area contributed by atoms with Gasteiger partial charge < -0.3 is 15.6 Å². The lowest BCUT2D eigenvalue weighted by molar-refractivity contribution is -0.238. The Labute approximate surface area is 70.3 Å². The molecule has 0 saturated carbocycles. The third-order valence-corrected chi connectivity index (χ3v) is 0.980. The average molecular weight is 201 g/mol. The first-order valence-electron chi connectivity index (χ1n) is 2.90. The van der Waals surface area contributed by atoms with Crippen molar-refractivity contribution >= 4 is 11.9 Å². The smallest absolute Gasteiger partial charge is 0.417 e. The number of halogens is 3. The number of alkyl halides is 3. The zero-order valence-corrected chi connectivity index (χ0v) is 6.38. The molecule has 0 rings (SSSR count). The fourth-order valence-corrected chi connectivity index (χ4v) is 0.289. The van der Waals surface area contributed by atoms with Crippen LogP contribution in [0.2, 0.25) is 0 Å². The fraction of sp³-hybridized carbons (Fsp3) is 0.600. The maximum absolute atomic E-state index is 11.5. The number of rotatable bonds is 2. The summed E-state index contributed by atoms with van der Waals surface area (Å²) >= 11 is 0. The first-order chi connectivity index (χ1) is 5.57. The van der Waals surface area contributed by atoms with Gasteiger partial charge >= 0.3 is 12.1 Å². The number of esters is 1. The molecule has 0 aliphatic carbocycles. The summed E-state index contributed by atoms with van der Waals surface area (Å²) in [4.78, 5) is 20.3.